The van der Waals surface area contributed by atoms with Gasteiger partial charge in [0.15, 0.2) is 17.2 Å². The molecule has 0 spiro atoms. The number of nitrogens with zero attached hydrogens (tertiary/aromatic N) is 9. The third-order valence-electron chi connectivity index (χ3n) is 13.5. The van der Waals surface area contributed by atoms with Crippen molar-refractivity contribution in [3.05, 3.63) is 246 Å². The van der Waals surface area contributed by atoms with Crippen molar-refractivity contribution in [2.24, 2.45) is 0 Å². The van der Waals surface area contributed by atoms with Crippen LogP contribution < -0.4 is 0 Å². The first kappa shape index (κ1) is 40.7. The van der Waals surface area contributed by atoms with Crippen molar-refractivity contribution < 1.29 is 0 Å². The van der Waals surface area contributed by atoms with Crippen molar-refractivity contribution in [1.29, 1.82) is 0 Å². The molecule has 71 heavy (non-hydrogen) atoms. The molecule has 9 heteroatoms. The third-order valence-corrected chi connectivity index (χ3v) is 13.5. The minimum absolute atomic E-state index is 0.275. The molecule has 0 saturated heterocycles. The molecule has 0 radical (unpaired) electrons. The van der Waals surface area contributed by atoms with E-state index in [9.17, 15) is 0 Å². The van der Waals surface area contributed by atoms with Gasteiger partial charge in [0.2, 0.25) is 11.4 Å². The van der Waals surface area contributed by atoms with E-state index in [0.717, 1.165) is 55.2 Å². The lowest BCUT2D eigenvalue weighted by atomic mass is 10.0. The Morgan fingerprint density at radius 3 is 1.17 bits per heavy atom. The van der Waals surface area contributed by atoms with Gasteiger partial charge in [-0.1, -0.05) is 109 Å². The van der Waals surface area contributed by atoms with Crippen molar-refractivity contribution in [3.63, 3.8) is 0 Å². The molecule has 9 aromatic carbocycles. The molecule has 0 unspecified atom stereocenters. The Kier molecular flexibility index (Phi) is 9.19. The summed E-state index contributed by atoms with van der Waals surface area (Å²) in [5.41, 5.74) is 12.9. The molecule has 4 aromatic heterocycles. The number of fused-ring (bicyclic) bond motifs is 9. The second-order valence-electron chi connectivity index (χ2n) is 17.4. The lowest BCUT2D eigenvalue weighted by Gasteiger charge is -2.16. The first-order valence-electron chi connectivity index (χ1n) is 22.9. The van der Waals surface area contributed by atoms with Crippen molar-refractivity contribution in [2.45, 2.75) is 0 Å². The number of para-hydroxylation sites is 4. The van der Waals surface area contributed by atoms with Gasteiger partial charge < -0.3 is 13.7 Å². The molecule has 0 aliphatic heterocycles. The van der Waals surface area contributed by atoms with E-state index in [-0.39, 0.29) is 11.4 Å². The summed E-state index contributed by atoms with van der Waals surface area (Å²) in [5.74, 6) is 0.370. The molecule has 0 aliphatic carbocycles. The Hall–Kier alpha value is -10.6. The van der Waals surface area contributed by atoms with Crippen molar-refractivity contribution >= 4 is 88.2 Å². The van der Waals surface area contributed by atoms with E-state index < -0.39 is 0 Å². The maximum absolute atomic E-state index is 8.75. The topological polar surface area (TPSA) is 58.0 Å². The van der Waals surface area contributed by atoms with E-state index >= 15 is 0 Å². The Balaban J connectivity index is 1.07. The maximum Gasteiger partial charge on any atom is 0.200 e. The summed E-state index contributed by atoms with van der Waals surface area (Å²) in [5, 5.41) is 6.59. The third kappa shape index (κ3) is 6.37. The predicted octanol–water partition coefficient (Wildman–Crippen LogP) is 17.0. The zero-order valence-electron chi connectivity index (χ0n) is 37.6. The summed E-state index contributed by atoms with van der Waals surface area (Å²) in [6, 6.07) is 66.7. The highest BCUT2D eigenvalue weighted by Crippen LogP contribution is 2.45. The molecule has 9 nitrogen and oxygen atoms in total. The van der Waals surface area contributed by atoms with E-state index in [1.165, 1.54) is 21.5 Å². The van der Waals surface area contributed by atoms with Gasteiger partial charge in [0.1, 0.15) is 0 Å². The normalized spacial score (nSPS) is 11.3. The molecule has 0 atom stereocenters. The molecular formula is C62H33N9. The van der Waals surface area contributed by atoms with Gasteiger partial charge in [0.05, 0.1) is 76.5 Å². The van der Waals surface area contributed by atoms with Crippen LogP contribution in [-0.4, -0.2) is 23.7 Å². The standard InChI is InChI=1S/C62H33N9/c1-63-41-17-13-15-38(31-41)51-37-52(68-62(67-51)39-16-14-18-42(32-39)64-2)40-33-53(65-3)61(54(34-40)66-4)71-59-29-27-43(69-55-23-9-5-19-45(55)46-20-6-10-24-56(46)69)35-49(59)50-36-44(28-30-60(50)71)70-57-25-11-7-21-47(57)48-22-8-12-26-58(48)70/h5-37H. The van der Waals surface area contributed by atoms with Crippen LogP contribution in [0.4, 0.5) is 22.7 Å². The summed E-state index contributed by atoms with van der Waals surface area (Å²) < 4.78 is 6.70. The molecule has 13 rings (SSSR count). The SMILES string of the molecule is [C-]#[N+]c1cccc(-c2cc(-c3cc([N+]#[C-])c(-n4c5ccc(-n6c7ccccc7c7ccccc76)cc5c5cc(-n6c7ccccc7c7ccccc76)ccc54)c([N+]#[C-])c3)nc(-c3cccc([N+]#[C-])c3)n2)c1. The summed E-state index contributed by atoms with van der Waals surface area (Å²) in [7, 11) is 0. The fourth-order valence-electron chi connectivity index (χ4n) is 10.4. The van der Waals surface area contributed by atoms with Crippen LogP contribution >= 0.6 is 0 Å². The van der Waals surface area contributed by atoms with Crippen LogP contribution in [0.25, 0.3) is 136 Å². The molecule has 0 saturated carbocycles. The highest BCUT2D eigenvalue weighted by atomic mass is 15.0. The average molecular weight is 904 g/mol. The van der Waals surface area contributed by atoms with Crippen molar-refractivity contribution in [2.75, 3.05) is 0 Å². The Morgan fingerprint density at radius 2 is 0.718 bits per heavy atom. The van der Waals surface area contributed by atoms with Crippen molar-refractivity contribution in [3.8, 4) is 51.0 Å². The smallest absolute Gasteiger partial charge is 0.200 e. The van der Waals surface area contributed by atoms with Gasteiger partial charge in [-0.15, -0.1) is 0 Å². The average Bonchev–Trinajstić information content (AvgIpc) is 4.07. The Bertz CT molecular complexity index is 4210. The lowest BCUT2D eigenvalue weighted by Crippen LogP contribution is -1.99. The highest BCUT2D eigenvalue weighted by Gasteiger charge is 2.24. The number of rotatable bonds is 6. The second kappa shape index (κ2) is 16.0. The van der Waals surface area contributed by atoms with Crippen molar-refractivity contribution in [1.82, 2.24) is 23.7 Å². The summed E-state index contributed by atoms with van der Waals surface area (Å²) in [6.07, 6.45) is 0. The number of aromatic nitrogens is 5. The van der Waals surface area contributed by atoms with E-state index in [1.54, 1.807) is 42.5 Å². The predicted molar refractivity (Wildman–Crippen MR) is 286 cm³/mol. The second-order valence-corrected chi connectivity index (χ2v) is 17.4. The van der Waals surface area contributed by atoms with Gasteiger partial charge in [0.25, 0.3) is 0 Å². The Labute approximate surface area is 406 Å². The Morgan fingerprint density at radius 1 is 0.310 bits per heavy atom. The van der Waals surface area contributed by atoms with Crippen LogP contribution in [0.2, 0.25) is 0 Å². The number of hydrogen-bond donors (Lipinski definition) is 0. The van der Waals surface area contributed by atoms with E-state index in [4.69, 9.17) is 36.3 Å². The van der Waals surface area contributed by atoms with Crippen LogP contribution in [0.5, 0.6) is 0 Å². The van der Waals surface area contributed by atoms with Gasteiger partial charge in [-0.3, -0.25) is 0 Å². The zero-order chi connectivity index (χ0) is 47.7. The van der Waals surface area contributed by atoms with Gasteiger partial charge in [-0.25, -0.2) is 29.3 Å². The molecule has 13 aromatic rings. The molecule has 4 heterocycles. The monoisotopic (exact) mass is 903 g/mol. The number of benzene rings is 9. The molecular weight excluding hydrogens is 871 g/mol. The fraction of sp³-hybridized carbons (Fsp3) is 0. The molecule has 0 N–H and O–H groups in total. The molecule has 326 valence electrons. The summed E-state index contributed by atoms with van der Waals surface area (Å²) in [4.78, 5) is 25.6. The lowest BCUT2D eigenvalue weighted by molar-refractivity contribution is 1.16. The van der Waals surface area contributed by atoms with Crippen LogP contribution in [0.1, 0.15) is 0 Å². The van der Waals surface area contributed by atoms with Crippen LogP contribution in [0.3, 0.4) is 0 Å². The van der Waals surface area contributed by atoms with Gasteiger partial charge >= 0.3 is 0 Å². The summed E-state index contributed by atoms with van der Waals surface area (Å²) in [6.45, 7) is 32.9. The van der Waals surface area contributed by atoms with E-state index in [2.05, 4.69) is 167 Å². The molecule has 0 bridgehead atoms. The quantitative estimate of drug-likeness (QED) is 0.156. The fourth-order valence-corrected chi connectivity index (χ4v) is 10.4. The van der Waals surface area contributed by atoms with Crippen LogP contribution in [0, 0.1) is 26.3 Å². The largest absolute Gasteiger partial charge is 0.329 e. The number of hydrogen-bond acceptors (Lipinski definition) is 2. The minimum Gasteiger partial charge on any atom is -0.329 e. The first-order chi connectivity index (χ1) is 35.0. The highest BCUT2D eigenvalue weighted by molar-refractivity contribution is 6.14. The molecule has 0 aliphatic rings. The first-order valence-corrected chi connectivity index (χ1v) is 22.9. The van der Waals surface area contributed by atoms with Gasteiger partial charge in [-0.2, -0.15) is 0 Å². The maximum atomic E-state index is 8.75. The summed E-state index contributed by atoms with van der Waals surface area (Å²) >= 11 is 0. The van der Waals surface area contributed by atoms with Crippen LogP contribution in [0.15, 0.2) is 200 Å². The van der Waals surface area contributed by atoms with Gasteiger partial charge in [0, 0.05) is 49.3 Å². The zero-order valence-corrected chi connectivity index (χ0v) is 37.6. The van der Waals surface area contributed by atoms with E-state index in [1.807, 2.05) is 24.3 Å². The van der Waals surface area contributed by atoms with Gasteiger partial charge in [-0.05, 0) is 102 Å². The van der Waals surface area contributed by atoms with Crippen LogP contribution in [-0.2, 0) is 0 Å². The minimum atomic E-state index is 0.275. The molecule has 0 amide bonds. The molecule has 0 fully saturated rings. The van der Waals surface area contributed by atoms with E-state index in [0.29, 0.717) is 51.0 Å².